The predicted molar refractivity (Wildman–Crippen MR) is 115 cm³/mol. The van der Waals surface area contributed by atoms with Crippen LogP contribution in [0.4, 0.5) is 18.9 Å². The van der Waals surface area contributed by atoms with Crippen LogP contribution in [0.5, 0.6) is 0 Å². The van der Waals surface area contributed by atoms with Crippen molar-refractivity contribution in [1.29, 1.82) is 0 Å². The molecule has 2 aromatic rings. The van der Waals surface area contributed by atoms with E-state index in [2.05, 4.69) is 5.32 Å². The molecule has 2 aromatic carbocycles. The first-order valence-corrected chi connectivity index (χ1v) is 10.8. The number of hydrogen-bond acceptors (Lipinski definition) is 4. The summed E-state index contributed by atoms with van der Waals surface area (Å²) in [5, 5.41) is 3.22. The molecule has 0 radical (unpaired) electrons. The van der Waals surface area contributed by atoms with Crippen molar-refractivity contribution in [1.82, 2.24) is 5.32 Å². The first-order chi connectivity index (χ1) is 14.8. The maximum atomic E-state index is 13.7. The van der Waals surface area contributed by atoms with E-state index < -0.39 is 11.7 Å². The highest BCUT2D eigenvalue weighted by atomic mass is 19.4. The number of piperazine rings is 1. The highest BCUT2D eigenvalue weighted by Crippen LogP contribution is 2.35. The molecule has 0 spiro atoms. The fraction of sp³-hybridized carbons (Fsp3) is 0.458. The second-order valence-corrected chi connectivity index (χ2v) is 8.54. The number of aryl methyl sites for hydroxylation is 2. The highest BCUT2D eigenvalue weighted by Gasteiger charge is 2.39. The third-order valence-corrected chi connectivity index (χ3v) is 6.22. The minimum absolute atomic E-state index is 0.00701. The largest absolute Gasteiger partial charge is 0.416 e. The minimum atomic E-state index is -4.38. The Kier molecular flexibility index (Phi) is 6.34. The van der Waals surface area contributed by atoms with Crippen molar-refractivity contribution in [2.24, 2.45) is 11.7 Å². The lowest BCUT2D eigenvalue weighted by Gasteiger charge is -2.30. The zero-order valence-corrected chi connectivity index (χ0v) is 17.4. The SMILES string of the molecule is N[C@H]1CC1C(=O)Cc1ccc(CCc2ccc(N3CCNCC3)cc2C(F)(F)F)cc1. The average Bonchev–Trinajstić information content (AvgIpc) is 3.50. The van der Waals surface area contributed by atoms with Gasteiger partial charge in [-0.05, 0) is 48.1 Å². The average molecular weight is 432 g/mol. The number of carbonyl (C=O) groups is 1. The molecule has 3 N–H and O–H groups in total. The van der Waals surface area contributed by atoms with Gasteiger partial charge in [0, 0.05) is 50.2 Å². The summed E-state index contributed by atoms with van der Waals surface area (Å²) in [5.41, 5.74) is 8.00. The van der Waals surface area contributed by atoms with Crippen molar-refractivity contribution in [3.05, 3.63) is 64.7 Å². The fourth-order valence-corrected chi connectivity index (χ4v) is 4.19. The van der Waals surface area contributed by atoms with Crippen molar-refractivity contribution in [3.63, 3.8) is 0 Å². The lowest BCUT2D eigenvalue weighted by atomic mass is 9.97. The Morgan fingerprint density at radius 1 is 1.03 bits per heavy atom. The Morgan fingerprint density at radius 3 is 2.29 bits per heavy atom. The molecular weight excluding hydrogens is 403 g/mol. The molecule has 2 atom stereocenters. The summed E-state index contributed by atoms with van der Waals surface area (Å²) < 4.78 is 41.2. The molecule has 0 amide bonds. The molecule has 0 bridgehead atoms. The number of anilines is 1. The van der Waals surface area contributed by atoms with Crippen LogP contribution in [0.1, 0.15) is 28.7 Å². The van der Waals surface area contributed by atoms with Crippen LogP contribution in [0.3, 0.4) is 0 Å². The first-order valence-electron chi connectivity index (χ1n) is 10.8. The Balaban J connectivity index is 1.41. The van der Waals surface area contributed by atoms with Gasteiger partial charge in [0.15, 0.2) is 0 Å². The molecule has 1 heterocycles. The maximum absolute atomic E-state index is 13.7. The van der Waals surface area contributed by atoms with Crippen LogP contribution >= 0.6 is 0 Å². The van der Waals surface area contributed by atoms with Crippen molar-refractivity contribution in [3.8, 4) is 0 Å². The molecule has 2 fully saturated rings. The van der Waals surface area contributed by atoms with Gasteiger partial charge in [0.2, 0.25) is 0 Å². The van der Waals surface area contributed by atoms with Crippen LogP contribution < -0.4 is 16.0 Å². The second kappa shape index (κ2) is 9.01. The number of alkyl halides is 3. The molecule has 4 nitrogen and oxygen atoms in total. The summed E-state index contributed by atoms with van der Waals surface area (Å²) in [4.78, 5) is 14.1. The molecular formula is C24H28F3N3O. The van der Waals surface area contributed by atoms with Gasteiger partial charge in [-0.25, -0.2) is 0 Å². The molecule has 31 heavy (non-hydrogen) atoms. The van der Waals surface area contributed by atoms with E-state index in [9.17, 15) is 18.0 Å². The molecule has 166 valence electrons. The summed E-state index contributed by atoms with van der Waals surface area (Å²) in [7, 11) is 0. The van der Waals surface area contributed by atoms with Crippen LogP contribution in [-0.4, -0.2) is 38.0 Å². The second-order valence-electron chi connectivity index (χ2n) is 8.54. The van der Waals surface area contributed by atoms with Gasteiger partial charge in [-0.15, -0.1) is 0 Å². The van der Waals surface area contributed by atoms with Crippen molar-refractivity contribution < 1.29 is 18.0 Å². The quantitative estimate of drug-likeness (QED) is 0.706. The smallest absolute Gasteiger partial charge is 0.369 e. The van der Waals surface area contributed by atoms with E-state index in [0.29, 0.717) is 43.6 Å². The van der Waals surface area contributed by atoms with Crippen LogP contribution in [0.25, 0.3) is 0 Å². The molecule has 0 aromatic heterocycles. The monoisotopic (exact) mass is 431 g/mol. The fourth-order valence-electron chi connectivity index (χ4n) is 4.19. The number of rotatable bonds is 7. The van der Waals surface area contributed by atoms with Gasteiger partial charge in [0.25, 0.3) is 0 Å². The Labute approximate surface area is 180 Å². The van der Waals surface area contributed by atoms with E-state index in [-0.39, 0.29) is 17.7 Å². The molecule has 2 aliphatic rings. The lowest BCUT2D eigenvalue weighted by Crippen LogP contribution is -2.43. The number of hydrogen-bond donors (Lipinski definition) is 2. The molecule has 4 rings (SSSR count). The van der Waals surface area contributed by atoms with Gasteiger partial charge in [0.1, 0.15) is 5.78 Å². The van der Waals surface area contributed by atoms with Gasteiger partial charge in [-0.1, -0.05) is 30.3 Å². The number of halogens is 3. The third-order valence-electron chi connectivity index (χ3n) is 6.22. The third kappa shape index (κ3) is 5.46. The van der Waals surface area contributed by atoms with E-state index in [0.717, 1.165) is 30.6 Å². The summed E-state index contributed by atoms with van der Waals surface area (Å²) in [5.74, 6) is 0.157. The number of ketones is 1. The first kappa shape index (κ1) is 21.8. The van der Waals surface area contributed by atoms with Crippen LogP contribution in [0.15, 0.2) is 42.5 Å². The Hall–Kier alpha value is -2.38. The molecule has 7 heteroatoms. The van der Waals surface area contributed by atoms with Crippen molar-refractivity contribution >= 4 is 11.5 Å². The normalized spacial score (nSPS) is 21.2. The number of nitrogens with one attached hydrogen (secondary N) is 1. The Morgan fingerprint density at radius 2 is 1.68 bits per heavy atom. The summed E-state index contributed by atoms with van der Waals surface area (Å²) in [6, 6.07) is 12.3. The van der Waals surface area contributed by atoms with Crippen molar-refractivity contribution in [2.75, 3.05) is 31.1 Å². The van der Waals surface area contributed by atoms with Gasteiger partial charge in [-0.2, -0.15) is 13.2 Å². The Bertz CT molecular complexity index is 921. The van der Waals surface area contributed by atoms with E-state index in [4.69, 9.17) is 5.73 Å². The van der Waals surface area contributed by atoms with Crippen LogP contribution in [0.2, 0.25) is 0 Å². The maximum Gasteiger partial charge on any atom is 0.416 e. The summed E-state index contributed by atoms with van der Waals surface area (Å²) in [6.07, 6.45) is -2.42. The molecule has 1 unspecified atom stereocenters. The highest BCUT2D eigenvalue weighted by molar-refractivity contribution is 5.86. The molecule has 1 aliphatic heterocycles. The van der Waals surface area contributed by atoms with E-state index in [1.54, 1.807) is 12.1 Å². The van der Waals surface area contributed by atoms with Crippen LogP contribution in [0, 0.1) is 5.92 Å². The van der Waals surface area contributed by atoms with E-state index in [1.807, 2.05) is 29.2 Å². The van der Waals surface area contributed by atoms with Crippen molar-refractivity contribution in [2.45, 2.75) is 37.9 Å². The number of Topliss-reactive ketones (excluding diaryl/α,β-unsaturated/α-hetero) is 1. The zero-order valence-electron chi connectivity index (χ0n) is 17.4. The summed E-state index contributed by atoms with van der Waals surface area (Å²) in [6.45, 7) is 2.96. The minimum Gasteiger partial charge on any atom is -0.369 e. The topological polar surface area (TPSA) is 58.4 Å². The number of nitrogens with zero attached hydrogens (tertiary/aromatic N) is 1. The standard InChI is InChI=1S/C24H28F3N3O/c25-24(26,27)21-14-19(30-11-9-29-10-12-30)8-7-18(21)6-5-16-1-3-17(4-2-16)13-23(31)20-15-22(20)28/h1-4,7-8,14,20,22,29H,5-6,9-13,15,28H2/t20?,22-/m0/s1. The number of nitrogens with two attached hydrogens (primary N) is 1. The predicted octanol–water partition coefficient (Wildman–Crippen LogP) is 3.36. The van der Waals surface area contributed by atoms with Gasteiger partial charge in [0.05, 0.1) is 5.56 Å². The van der Waals surface area contributed by atoms with E-state index >= 15 is 0 Å². The lowest BCUT2D eigenvalue weighted by molar-refractivity contribution is -0.138. The van der Waals surface area contributed by atoms with Crippen LogP contribution in [-0.2, 0) is 30.2 Å². The molecule has 1 saturated heterocycles. The van der Waals surface area contributed by atoms with Gasteiger partial charge < -0.3 is 16.0 Å². The zero-order chi connectivity index (χ0) is 22.0. The molecule has 1 saturated carbocycles. The van der Waals surface area contributed by atoms with Gasteiger partial charge in [-0.3, -0.25) is 4.79 Å². The van der Waals surface area contributed by atoms with Gasteiger partial charge >= 0.3 is 6.18 Å². The number of benzene rings is 2. The number of carbonyl (C=O) groups excluding carboxylic acids is 1. The summed E-state index contributed by atoms with van der Waals surface area (Å²) >= 11 is 0. The molecule has 1 aliphatic carbocycles. The van der Waals surface area contributed by atoms with E-state index in [1.165, 1.54) is 6.07 Å².